The van der Waals surface area contributed by atoms with Crippen LogP contribution in [0.2, 0.25) is 0 Å². The molecule has 0 saturated heterocycles. The minimum Gasteiger partial charge on any atom is -0.309 e. The minimum absolute atomic E-state index is 0.744. The largest absolute Gasteiger partial charge is 0.309 e. The lowest BCUT2D eigenvalue weighted by atomic mass is 9.99. The number of thiophene rings is 2. The molecule has 3 nitrogen and oxygen atoms in total. The third-order valence-corrected chi connectivity index (χ3v) is 11.8. The van der Waals surface area contributed by atoms with E-state index in [0.29, 0.717) is 0 Å². The topological polar surface area (TPSA) is 30.7 Å². The number of nitrogens with zero attached hydrogens (tertiary/aromatic N) is 3. The number of fused-ring (bicyclic) bond motifs is 7. The Labute approximate surface area is 276 Å². The standard InChI is InChI=1S/C42H23N3S2/c1-2-9-25(10-3-1)39-38-29-13-5-7-15-33(29)47-42(38)44-41(43-39)26-17-20-27(21-18-26)45-32-14-6-4-12-28(32)31-23-35-37-30(40(31)45)22-19-24-11-8-16-34(46-35)36(24)37/h1-23H. The van der Waals surface area contributed by atoms with E-state index in [9.17, 15) is 0 Å². The van der Waals surface area contributed by atoms with Crippen molar-refractivity contribution in [1.29, 1.82) is 0 Å². The van der Waals surface area contributed by atoms with Crippen molar-refractivity contribution in [3.8, 4) is 28.3 Å². The highest BCUT2D eigenvalue weighted by molar-refractivity contribution is 7.26. The van der Waals surface area contributed by atoms with Gasteiger partial charge in [-0.25, -0.2) is 9.97 Å². The molecule has 4 aromatic heterocycles. The Bertz CT molecular complexity index is 3000. The number of rotatable bonds is 3. The Morgan fingerprint density at radius 1 is 0.468 bits per heavy atom. The summed E-state index contributed by atoms with van der Waals surface area (Å²) >= 11 is 3.63. The fourth-order valence-electron chi connectivity index (χ4n) is 7.55. The SMILES string of the molecule is c1ccc(-c2nc(-c3ccc(-n4c5ccccc5c5cc6sc7cccc8ccc(c6c87)c54)cc3)nc3sc4ccccc4c23)cc1. The van der Waals surface area contributed by atoms with E-state index in [-0.39, 0.29) is 0 Å². The summed E-state index contributed by atoms with van der Waals surface area (Å²) in [6.45, 7) is 0. The monoisotopic (exact) mass is 633 g/mol. The van der Waals surface area contributed by atoms with E-state index in [1.807, 2.05) is 11.3 Å². The van der Waals surface area contributed by atoms with Crippen LogP contribution in [0.25, 0.3) is 101 Å². The summed E-state index contributed by atoms with van der Waals surface area (Å²) in [6, 6.07) is 50.3. The van der Waals surface area contributed by atoms with Crippen molar-refractivity contribution in [3.05, 3.63) is 140 Å². The van der Waals surface area contributed by atoms with Crippen LogP contribution >= 0.6 is 22.7 Å². The molecule has 0 atom stereocenters. The second-order valence-corrected chi connectivity index (χ2v) is 14.3. The van der Waals surface area contributed by atoms with Crippen molar-refractivity contribution in [3.63, 3.8) is 0 Å². The van der Waals surface area contributed by atoms with Gasteiger partial charge < -0.3 is 4.57 Å². The second-order valence-electron chi connectivity index (χ2n) is 12.2. The average molecular weight is 634 g/mol. The third-order valence-electron chi connectivity index (χ3n) is 9.59. The van der Waals surface area contributed by atoms with Crippen molar-refractivity contribution in [2.24, 2.45) is 0 Å². The Kier molecular flexibility index (Phi) is 5.14. The molecular formula is C42H23N3S2. The smallest absolute Gasteiger partial charge is 0.161 e. The fourth-order valence-corrected chi connectivity index (χ4v) is 9.82. The molecule has 47 heavy (non-hydrogen) atoms. The third kappa shape index (κ3) is 3.55. The summed E-state index contributed by atoms with van der Waals surface area (Å²) in [5.41, 5.74) is 6.67. The van der Waals surface area contributed by atoms with Crippen molar-refractivity contribution in [2.75, 3.05) is 0 Å². The summed E-state index contributed by atoms with van der Waals surface area (Å²) in [5, 5.41) is 10.2. The van der Waals surface area contributed by atoms with Crippen molar-refractivity contribution < 1.29 is 0 Å². The number of para-hydroxylation sites is 1. The highest BCUT2D eigenvalue weighted by Gasteiger charge is 2.21. The molecule has 0 saturated carbocycles. The van der Waals surface area contributed by atoms with Crippen LogP contribution in [0, 0.1) is 0 Å². The number of hydrogen-bond donors (Lipinski definition) is 0. The van der Waals surface area contributed by atoms with Gasteiger partial charge in [-0.2, -0.15) is 0 Å². The highest BCUT2D eigenvalue weighted by Crippen LogP contribution is 2.46. The first-order valence-corrected chi connectivity index (χ1v) is 17.4. The van der Waals surface area contributed by atoms with Crippen molar-refractivity contribution in [2.45, 2.75) is 0 Å². The van der Waals surface area contributed by atoms with Crippen LogP contribution in [-0.4, -0.2) is 14.5 Å². The summed E-state index contributed by atoms with van der Waals surface area (Å²) in [5.74, 6) is 0.744. The molecular weight excluding hydrogens is 611 g/mol. The number of benzene rings is 7. The van der Waals surface area contributed by atoms with E-state index >= 15 is 0 Å². The molecule has 0 bridgehead atoms. The van der Waals surface area contributed by atoms with Gasteiger partial charge in [0.15, 0.2) is 5.82 Å². The van der Waals surface area contributed by atoms with Crippen LogP contribution in [0.5, 0.6) is 0 Å². The first kappa shape index (κ1) is 25.6. The lowest BCUT2D eigenvalue weighted by Gasteiger charge is -2.12. The van der Waals surface area contributed by atoms with Gasteiger partial charge in [0.1, 0.15) is 4.83 Å². The first-order chi connectivity index (χ1) is 23.3. The normalized spacial score (nSPS) is 12.3. The lowest BCUT2D eigenvalue weighted by Crippen LogP contribution is -1.96. The van der Waals surface area contributed by atoms with Gasteiger partial charge in [0, 0.05) is 68.6 Å². The predicted octanol–water partition coefficient (Wildman–Crippen LogP) is 12.2. The number of aromatic nitrogens is 3. The van der Waals surface area contributed by atoms with E-state index in [1.54, 1.807) is 11.3 Å². The molecule has 4 heterocycles. The van der Waals surface area contributed by atoms with Crippen molar-refractivity contribution >= 4 is 95.7 Å². The molecule has 0 unspecified atom stereocenters. The summed E-state index contributed by atoms with van der Waals surface area (Å²) in [6.07, 6.45) is 0. The zero-order valence-corrected chi connectivity index (χ0v) is 26.6. The second kappa shape index (κ2) is 9.46. The summed E-state index contributed by atoms with van der Waals surface area (Å²) in [7, 11) is 0. The molecule has 0 aliphatic carbocycles. The molecule has 0 aliphatic heterocycles. The molecule has 218 valence electrons. The van der Waals surface area contributed by atoms with Gasteiger partial charge in [-0.15, -0.1) is 22.7 Å². The molecule has 0 fully saturated rings. The van der Waals surface area contributed by atoms with E-state index in [0.717, 1.165) is 38.5 Å². The maximum atomic E-state index is 5.23. The maximum Gasteiger partial charge on any atom is 0.161 e. The van der Waals surface area contributed by atoms with Gasteiger partial charge in [-0.3, -0.25) is 0 Å². The Hall–Kier alpha value is -5.62. The molecule has 0 N–H and O–H groups in total. The Morgan fingerprint density at radius 2 is 1.26 bits per heavy atom. The van der Waals surface area contributed by atoms with Crippen molar-refractivity contribution in [1.82, 2.24) is 14.5 Å². The zero-order valence-electron chi connectivity index (χ0n) is 24.9. The Balaban J connectivity index is 1.14. The average Bonchev–Trinajstić information content (AvgIpc) is 3.81. The van der Waals surface area contributed by atoms with Crippen LogP contribution in [0.4, 0.5) is 0 Å². The quantitative estimate of drug-likeness (QED) is 0.181. The van der Waals surface area contributed by atoms with Crippen LogP contribution in [0.15, 0.2) is 140 Å². The predicted molar refractivity (Wildman–Crippen MR) is 202 cm³/mol. The van der Waals surface area contributed by atoms with Gasteiger partial charge in [0.25, 0.3) is 0 Å². The van der Waals surface area contributed by atoms with E-state index < -0.39 is 0 Å². The minimum atomic E-state index is 0.744. The zero-order chi connectivity index (χ0) is 30.6. The van der Waals surface area contributed by atoms with Gasteiger partial charge in [0.2, 0.25) is 0 Å². The molecule has 7 aromatic carbocycles. The van der Waals surface area contributed by atoms with Gasteiger partial charge in [0.05, 0.1) is 16.7 Å². The van der Waals surface area contributed by atoms with E-state index in [1.165, 1.54) is 62.8 Å². The summed E-state index contributed by atoms with van der Waals surface area (Å²) in [4.78, 5) is 11.4. The molecule has 11 aromatic rings. The maximum absolute atomic E-state index is 5.23. The van der Waals surface area contributed by atoms with Crippen LogP contribution in [-0.2, 0) is 0 Å². The summed E-state index contributed by atoms with van der Waals surface area (Å²) < 4.78 is 6.36. The molecule has 0 amide bonds. The fraction of sp³-hybridized carbons (Fsp3) is 0. The van der Waals surface area contributed by atoms with Crippen LogP contribution in [0.1, 0.15) is 0 Å². The van der Waals surface area contributed by atoms with Gasteiger partial charge >= 0.3 is 0 Å². The molecule has 0 radical (unpaired) electrons. The van der Waals surface area contributed by atoms with E-state index in [2.05, 4.69) is 144 Å². The molecule has 0 aliphatic rings. The first-order valence-electron chi connectivity index (χ1n) is 15.8. The molecule has 0 spiro atoms. The molecule has 11 rings (SSSR count). The van der Waals surface area contributed by atoms with Gasteiger partial charge in [-0.05, 0) is 53.9 Å². The Morgan fingerprint density at radius 3 is 2.15 bits per heavy atom. The van der Waals surface area contributed by atoms with Gasteiger partial charge in [-0.1, -0.05) is 91.0 Å². The number of hydrogen-bond acceptors (Lipinski definition) is 4. The van der Waals surface area contributed by atoms with Crippen LogP contribution in [0.3, 0.4) is 0 Å². The molecule has 5 heteroatoms. The van der Waals surface area contributed by atoms with Crippen LogP contribution < -0.4 is 0 Å². The van der Waals surface area contributed by atoms with E-state index in [4.69, 9.17) is 9.97 Å². The highest BCUT2D eigenvalue weighted by atomic mass is 32.1. The lowest BCUT2D eigenvalue weighted by molar-refractivity contribution is 1.18.